The third-order valence-electron chi connectivity index (χ3n) is 3.75. The van der Waals surface area contributed by atoms with Crippen molar-refractivity contribution in [1.82, 2.24) is 10.6 Å². The Labute approximate surface area is 165 Å². The van der Waals surface area contributed by atoms with Gasteiger partial charge in [0.25, 0.3) is 11.8 Å². The molecule has 142 valence electrons. The van der Waals surface area contributed by atoms with E-state index in [1.165, 1.54) is 24.5 Å². The van der Waals surface area contributed by atoms with Gasteiger partial charge in [0.15, 0.2) is 5.11 Å². The van der Waals surface area contributed by atoms with E-state index in [2.05, 4.69) is 16.0 Å². The van der Waals surface area contributed by atoms with Crippen LogP contribution in [-0.4, -0.2) is 16.9 Å². The summed E-state index contributed by atoms with van der Waals surface area (Å²) in [4.78, 5) is 24.2. The average Bonchev–Trinajstić information content (AvgIpc) is 3.20. The first kappa shape index (κ1) is 19.2. The van der Waals surface area contributed by atoms with E-state index in [1.807, 2.05) is 0 Å². The van der Waals surface area contributed by atoms with Crippen LogP contribution in [0.1, 0.15) is 26.5 Å². The fourth-order valence-corrected chi connectivity index (χ4v) is 2.58. The second kappa shape index (κ2) is 8.92. The normalized spacial score (nSPS) is 10.2. The molecule has 1 aromatic heterocycles. The summed E-state index contributed by atoms with van der Waals surface area (Å²) in [6.45, 7) is 0.290. The van der Waals surface area contributed by atoms with Gasteiger partial charge in [0.2, 0.25) is 0 Å². The van der Waals surface area contributed by atoms with E-state index in [4.69, 9.17) is 16.6 Å². The highest BCUT2D eigenvalue weighted by Gasteiger charge is 2.12. The molecule has 28 heavy (non-hydrogen) atoms. The molecule has 3 rings (SSSR count). The van der Waals surface area contributed by atoms with Crippen molar-refractivity contribution in [2.75, 3.05) is 5.32 Å². The Morgan fingerprint density at radius 2 is 1.71 bits per heavy atom. The molecule has 1 heterocycles. The number of halogens is 1. The number of rotatable bonds is 5. The Hall–Kier alpha value is -3.52. The van der Waals surface area contributed by atoms with Gasteiger partial charge in [0.05, 0.1) is 18.4 Å². The number of carbonyl (C=O) groups excluding carboxylic acids is 2. The van der Waals surface area contributed by atoms with Gasteiger partial charge in [-0.2, -0.15) is 0 Å². The summed E-state index contributed by atoms with van der Waals surface area (Å²) in [5.74, 6) is -0.877. The molecule has 3 N–H and O–H groups in total. The minimum Gasteiger partial charge on any atom is -0.467 e. The van der Waals surface area contributed by atoms with Gasteiger partial charge in [0.1, 0.15) is 11.6 Å². The van der Waals surface area contributed by atoms with Crippen molar-refractivity contribution in [2.24, 2.45) is 0 Å². The zero-order valence-electron chi connectivity index (χ0n) is 14.6. The molecule has 0 aliphatic carbocycles. The summed E-state index contributed by atoms with van der Waals surface area (Å²) in [6.07, 6.45) is 1.54. The summed E-state index contributed by atoms with van der Waals surface area (Å²) in [5.41, 5.74) is 0.926. The van der Waals surface area contributed by atoms with Gasteiger partial charge in [-0.25, -0.2) is 4.39 Å². The Balaban J connectivity index is 1.53. The summed E-state index contributed by atoms with van der Waals surface area (Å²) >= 11 is 5.07. The van der Waals surface area contributed by atoms with E-state index >= 15 is 0 Å². The van der Waals surface area contributed by atoms with Crippen LogP contribution in [0.15, 0.2) is 71.3 Å². The lowest BCUT2D eigenvalue weighted by atomic mass is 10.2. The van der Waals surface area contributed by atoms with E-state index < -0.39 is 11.7 Å². The van der Waals surface area contributed by atoms with Crippen molar-refractivity contribution in [2.45, 2.75) is 6.54 Å². The van der Waals surface area contributed by atoms with Crippen LogP contribution in [0, 0.1) is 5.82 Å². The van der Waals surface area contributed by atoms with Crippen LogP contribution in [0.25, 0.3) is 0 Å². The molecule has 0 radical (unpaired) electrons. The molecule has 0 aliphatic heterocycles. The van der Waals surface area contributed by atoms with Gasteiger partial charge in [-0.3, -0.25) is 14.9 Å². The first-order chi connectivity index (χ1) is 13.5. The molecule has 0 fully saturated rings. The third-order valence-corrected chi connectivity index (χ3v) is 3.96. The molecule has 0 saturated carbocycles. The van der Waals surface area contributed by atoms with Crippen LogP contribution < -0.4 is 16.0 Å². The number of anilines is 1. The topological polar surface area (TPSA) is 83.4 Å². The molecule has 0 aliphatic rings. The predicted octanol–water partition coefficient (Wildman–Crippen LogP) is 3.48. The molecule has 0 spiro atoms. The molecule has 2 amide bonds. The van der Waals surface area contributed by atoms with Crippen molar-refractivity contribution >= 4 is 34.8 Å². The lowest BCUT2D eigenvalue weighted by Gasteiger charge is -2.10. The van der Waals surface area contributed by atoms with Crippen molar-refractivity contribution in [1.29, 1.82) is 0 Å². The number of carbonyl (C=O) groups is 2. The van der Waals surface area contributed by atoms with Gasteiger partial charge in [0, 0.05) is 11.3 Å². The minimum absolute atomic E-state index is 0.0169. The molecule has 8 heteroatoms. The van der Waals surface area contributed by atoms with Gasteiger partial charge < -0.3 is 15.1 Å². The van der Waals surface area contributed by atoms with E-state index in [-0.39, 0.29) is 23.1 Å². The zero-order valence-corrected chi connectivity index (χ0v) is 15.4. The second-order valence-corrected chi connectivity index (χ2v) is 6.14. The molecule has 0 unspecified atom stereocenters. The van der Waals surface area contributed by atoms with Crippen molar-refractivity contribution < 1.29 is 18.4 Å². The summed E-state index contributed by atoms with van der Waals surface area (Å²) in [6, 6.07) is 15.6. The molecular weight excluding hydrogens is 381 g/mol. The monoisotopic (exact) mass is 397 g/mol. The Bertz CT molecular complexity index is 988. The van der Waals surface area contributed by atoms with Crippen LogP contribution >= 0.6 is 12.2 Å². The van der Waals surface area contributed by atoms with Gasteiger partial charge in [-0.05, 0) is 60.7 Å². The Kier molecular flexibility index (Phi) is 6.13. The van der Waals surface area contributed by atoms with Crippen LogP contribution in [0.3, 0.4) is 0 Å². The molecule has 2 aromatic carbocycles. The van der Waals surface area contributed by atoms with E-state index in [0.29, 0.717) is 17.0 Å². The van der Waals surface area contributed by atoms with Gasteiger partial charge >= 0.3 is 0 Å². The Morgan fingerprint density at radius 3 is 2.39 bits per heavy atom. The highest BCUT2D eigenvalue weighted by Crippen LogP contribution is 2.11. The lowest BCUT2D eigenvalue weighted by Crippen LogP contribution is -2.34. The van der Waals surface area contributed by atoms with E-state index in [0.717, 1.165) is 0 Å². The first-order valence-corrected chi connectivity index (χ1v) is 8.71. The molecule has 0 bridgehead atoms. The average molecular weight is 397 g/mol. The molecular formula is C20H16FN3O3S. The maximum atomic E-state index is 13.6. The van der Waals surface area contributed by atoms with Crippen LogP contribution in [0.2, 0.25) is 0 Å². The van der Waals surface area contributed by atoms with Crippen molar-refractivity contribution in [3.8, 4) is 0 Å². The number of hydrogen-bond donors (Lipinski definition) is 3. The quantitative estimate of drug-likeness (QED) is 0.574. The summed E-state index contributed by atoms with van der Waals surface area (Å²) in [7, 11) is 0. The third kappa shape index (κ3) is 5.01. The molecule has 6 nitrogen and oxygen atoms in total. The van der Waals surface area contributed by atoms with E-state index in [9.17, 15) is 14.0 Å². The van der Waals surface area contributed by atoms with Crippen LogP contribution in [-0.2, 0) is 6.54 Å². The van der Waals surface area contributed by atoms with Gasteiger partial charge in [-0.15, -0.1) is 0 Å². The minimum atomic E-state index is -0.649. The SMILES string of the molecule is O=C(NCc1ccco1)c1ccc(NC(=S)NC(=O)c2ccccc2F)cc1. The Morgan fingerprint density at radius 1 is 0.964 bits per heavy atom. The number of thiocarbonyl (C=S) groups is 1. The number of nitrogens with one attached hydrogen (secondary N) is 3. The van der Waals surface area contributed by atoms with E-state index in [1.54, 1.807) is 42.5 Å². The maximum Gasteiger partial charge on any atom is 0.260 e. The summed E-state index contributed by atoms with van der Waals surface area (Å²) < 4.78 is 18.8. The molecule has 3 aromatic rings. The smallest absolute Gasteiger partial charge is 0.260 e. The molecule has 0 atom stereocenters. The lowest BCUT2D eigenvalue weighted by molar-refractivity contribution is 0.0945. The van der Waals surface area contributed by atoms with Crippen LogP contribution in [0.5, 0.6) is 0 Å². The van der Waals surface area contributed by atoms with Crippen molar-refractivity contribution in [3.63, 3.8) is 0 Å². The first-order valence-electron chi connectivity index (χ1n) is 8.30. The molecule has 0 saturated heterocycles. The second-order valence-electron chi connectivity index (χ2n) is 5.73. The van der Waals surface area contributed by atoms with Crippen LogP contribution in [0.4, 0.5) is 10.1 Å². The fraction of sp³-hybridized carbons (Fsp3) is 0.0500. The standard InChI is InChI=1S/C20H16FN3O3S/c21-17-6-2-1-5-16(17)19(26)24-20(28)23-14-9-7-13(8-10-14)18(25)22-12-15-4-3-11-27-15/h1-11H,12H2,(H,22,25)(H2,23,24,26,28). The fourth-order valence-electron chi connectivity index (χ4n) is 2.37. The largest absolute Gasteiger partial charge is 0.467 e. The number of hydrogen-bond acceptors (Lipinski definition) is 4. The highest BCUT2D eigenvalue weighted by molar-refractivity contribution is 7.80. The summed E-state index contributed by atoms with van der Waals surface area (Å²) in [5, 5.41) is 7.98. The number of furan rings is 1. The highest BCUT2D eigenvalue weighted by atomic mass is 32.1. The predicted molar refractivity (Wildman–Crippen MR) is 106 cm³/mol. The zero-order chi connectivity index (χ0) is 19.9. The number of benzene rings is 2. The van der Waals surface area contributed by atoms with Gasteiger partial charge in [-0.1, -0.05) is 12.1 Å². The number of amides is 2. The maximum absolute atomic E-state index is 13.6. The van der Waals surface area contributed by atoms with Crippen molar-refractivity contribution in [3.05, 3.63) is 89.6 Å².